The van der Waals surface area contributed by atoms with Crippen LogP contribution in [0, 0.1) is 13.8 Å². The summed E-state index contributed by atoms with van der Waals surface area (Å²) in [7, 11) is 3.60. The second-order valence-corrected chi connectivity index (χ2v) is 15.7. The molecule has 2 aliphatic rings. The summed E-state index contributed by atoms with van der Waals surface area (Å²) in [5, 5.41) is 10.7. The lowest BCUT2D eigenvalue weighted by Gasteiger charge is -2.41. The Hall–Kier alpha value is -5.09. The third-order valence-electron chi connectivity index (χ3n) is 11.8. The van der Waals surface area contributed by atoms with E-state index in [-0.39, 0.29) is 30.2 Å². The van der Waals surface area contributed by atoms with Crippen molar-refractivity contribution in [3.05, 3.63) is 135 Å². The summed E-state index contributed by atoms with van der Waals surface area (Å²) in [4.78, 5) is 36.4. The largest absolute Gasteiger partial charge is 0.508 e. The predicted molar refractivity (Wildman–Crippen MR) is 227 cm³/mol. The molecule has 298 valence electrons. The molecule has 7 rings (SSSR count). The number of carbonyl (C=O) groups is 2. The smallest absolute Gasteiger partial charge is 0.260 e. The third-order valence-corrected chi connectivity index (χ3v) is 12.0. The third kappa shape index (κ3) is 8.47. The first-order valence-electron chi connectivity index (χ1n) is 20.0. The zero-order valence-corrected chi connectivity index (χ0v) is 34.4. The van der Waals surface area contributed by atoms with Crippen LogP contribution in [0.25, 0.3) is 11.3 Å². The fourth-order valence-corrected chi connectivity index (χ4v) is 8.60. The number of ether oxygens (including phenoxy) is 2. The molecule has 3 heterocycles. The van der Waals surface area contributed by atoms with E-state index in [1.54, 1.807) is 36.3 Å². The number of methoxy groups -OCH3 is 1. The van der Waals surface area contributed by atoms with Crippen molar-refractivity contribution in [1.29, 1.82) is 0 Å². The highest BCUT2D eigenvalue weighted by Crippen LogP contribution is 2.38. The summed E-state index contributed by atoms with van der Waals surface area (Å²) >= 11 is 6.92. The number of hydrogen-bond acceptors (Lipinski definition) is 6. The van der Waals surface area contributed by atoms with Gasteiger partial charge in [0.15, 0.2) is 0 Å². The Labute approximate surface area is 341 Å². The predicted octanol–water partition coefficient (Wildman–Crippen LogP) is 8.77. The van der Waals surface area contributed by atoms with Crippen molar-refractivity contribution >= 4 is 29.1 Å². The molecule has 1 atom stereocenters. The highest BCUT2D eigenvalue weighted by Gasteiger charge is 2.35. The zero-order chi connectivity index (χ0) is 40.2. The Morgan fingerprint density at radius 1 is 0.930 bits per heavy atom. The minimum Gasteiger partial charge on any atom is -0.508 e. The van der Waals surface area contributed by atoms with E-state index >= 15 is 4.79 Å². The van der Waals surface area contributed by atoms with Gasteiger partial charge in [-0.2, -0.15) is 0 Å². The number of hydrogen-bond donors (Lipinski definition) is 1. The number of benzene rings is 4. The van der Waals surface area contributed by atoms with E-state index in [4.69, 9.17) is 21.1 Å². The second kappa shape index (κ2) is 17.6. The Bertz CT molecular complexity index is 2240. The quantitative estimate of drug-likeness (QED) is 0.136. The van der Waals surface area contributed by atoms with Crippen molar-refractivity contribution < 1.29 is 24.2 Å². The number of amides is 2. The van der Waals surface area contributed by atoms with Crippen LogP contribution in [0.1, 0.15) is 74.0 Å². The van der Waals surface area contributed by atoms with Crippen molar-refractivity contribution in [2.24, 2.45) is 7.05 Å². The van der Waals surface area contributed by atoms with Crippen molar-refractivity contribution in [2.75, 3.05) is 44.9 Å². The van der Waals surface area contributed by atoms with Gasteiger partial charge in [-0.1, -0.05) is 61.3 Å². The number of morpholine rings is 1. The molecule has 1 aromatic heterocycles. The van der Waals surface area contributed by atoms with Gasteiger partial charge in [0.1, 0.15) is 11.5 Å². The van der Waals surface area contributed by atoms with Crippen LogP contribution < -0.4 is 9.64 Å². The van der Waals surface area contributed by atoms with Crippen LogP contribution in [0.3, 0.4) is 0 Å². The van der Waals surface area contributed by atoms with E-state index < -0.39 is 0 Å². The van der Waals surface area contributed by atoms with Crippen LogP contribution in [0.5, 0.6) is 11.5 Å². The lowest BCUT2D eigenvalue weighted by atomic mass is 9.90. The van der Waals surface area contributed by atoms with Gasteiger partial charge in [0.25, 0.3) is 11.8 Å². The van der Waals surface area contributed by atoms with Gasteiger partial charge in [-0.05, 0) is 109 Å². The van der Waals surface area contributed by atoms with Crippen LogP contribution in [0.4, 0.5) is 5.69 Å². The Balaban J connectivity index is 1.33. The summed E-state index contributed by atoms with van der Waals surface area (Å²) in [6.07, 6.45) is 3.39. The molecular formula is C47H53ClN4O5. The number of phenols is 1. The van der Waals surface area contributed by atoms with Gasteiger partial charge in [0.2, 0.25) is 0 Å². The van der Waals surface area contributed by atoms with Crippen molar-refractivity contribution in [3.8, 4) is 22.8 Å². The average molecular weight is 789 g/mol. The van der Waals surface area contributed by atoms with Crippen molar-refractivity contribution in [1.82, 2.24) is 14.4 Å². The molecule has 0 saturated carbocycles. The molecule has 0 spiro atoms. The minimum atomic E-state index is -0.197. The number of phenolic OH excluding ortho intramolecular Hbond substituents is 1. The molecule has 5 aromatic rings. The van der Waals surface area contributed by atoms with Crippen molar-refractivity contribution in [2.45, 2.75) is 65.6 Å². The van der Waals surface area contributed by atoms with Gasteiger partial charge in [-0.3, -0.25) is 14.5 Å². The fourth-order valence-electron chi connectivity index (χ4n) is 8.36. The summed E-state index contributed by atoms with van der Waals surface area (Å²) in [6.45, 7) is 10.7. The first kappa shape index (κ1) is 40.1. The van der Waals surface area contributed by atoms with Crippen LogP contribution >= 0.6 is 11.6 Å². The van der Waals surface area contributed by atoms with Crippen LogP contribution in [-0.4, -0.2) is 77.3 Å². The monoisotopic (exact) mass is 788 g/mol. The number of rotatable bonds is 12. The van der Waals surface area contributed by atoms with Gasteiger partial charge >= 0.3 is 0 Å². The molecule has 0 unspecified atom stereocenters. The van der Waals surface area contributed by atoms with E-state index in [9.17, 15) is 9.90 Å². The SMILES string of the molecule is CCCCc1cc(Cl)cc(C(=O)N2Cc3ccccc3C[C@H]2CN2CCOCC2)c1-c1cc(C(=O)N(Cc2cccc(OC)c2C)c2ccc(O)cc2)c(C)n1C. The molecule has 0 bridgehead atoms. The normalized spacial score (nSPS) is 15.7. The molecule has 10 heteroatoms. The lowest BCUT2D eigenvalue weighted by molar-refractivity contribution is 0.0193. The first-order valence-corrected chi connectivity index (χ1v) is 20.4. The maximum atomic E-state index is 15.3. The molecule has 2 amide bonds. The number of anilines is 1. The Kier molecular flexibility index (Phi) is 12.4. The van der Waals surface area contributed by atoms with Crippen molar-refractivity contribution in [3.63, 3.8) is 0 Å². The molecule has 57 heavy (non-hydrogen) atoms. The topological polar surface area (TPSA) is 87.5 Å². The number of unbranched alkanes of at least 4 members (excludes halogenated alkanes) is 1. The minimum absolute atomic E-state index is 0.0392. The molecule has 0 aliphatic carbocycles. The van der Waals surface area contributed by atoms with Gasteiger partial charge in [-0.25, -0.2) is 0 Å². The van der Waals surface area contributed by atoms with Crippen LogP contribution in [0.2, 0.25) is 5.02 Å². The zero-order valence-electron chi connectivity index (χ0n) is 33.7. The van der Waals surface area contributed by atoms with E-state index in [0.29, 0.717) is 41.6 Å². The van der Waals surface area contributed by atoms with Crippen LogP contribution in [-0.2, 0) is 37.7 Å². The summed E-state index contributed by atoms with van der Waals surface area (Å²) in [5.41, 5.74) is 9.37. The molecule has 1 saturated heterocycles. The highest BCUT2D eigenvalue weighted by molar-refractivity contribution is 6.31. The number of nitrogens with zero attached hydrogens (tertiary/aromatic N) is 4. The Morgan fingerprint density at radius 2 is 1.67 bits per heavy atom. The molecule has 4 aromatic carbocycles. The molecule has 0 radical (unpaired) electrons. The second-order valence-electron chi connectivity index (χ2n) is 15.3. The van der Waals surface area contributed by atoms with E-state index in [2.05, 4.69) is 30.0 Å². The van der Waals surface area contributed by atoms with E-state index in [1.165, 1.54) is 5.56 Å². The summed E-state index contributed by atoms with van der Waals surface area (Å²) in [5.74, 6) is 0.597. The Morgan fingerprint density at radius 3 is 2.39 bits per heavy atom. The number of aryl methyl sites for hydroxylation is 1. The van der Waals surface area contributed by atoms with Gasteiger partial charge in [0, 0.05) is 66.9 Å². The number of fused-ring (bicyclic) bond motifs is 1. The number of aromatic nitrogens is 1. The standard InChI is InChI=1S/C47H53ClN4O5/c1-6-7-11-34-24-37(48)26-42(47(55)52-29-36-13-9-8-12-33(36)25-39(52)30-50-20-22-57-23-21-50)45(34)43-27-41(32(3)49(43)4)46(54)51(38-16-18-40(53)19-17-38)28-35-14-10-15-44(56-5)31(35)2/h8-10,12-19,24,26-27,39,53H,6-7,11,20-23,25,28-30H2,1-5H3/t39-/m0/s1. The lowest BCUT2D eigenvalue weighted by Crippen LogP contribution is -2.52. The number of carbonyl (C=O) groups excluding carboxylic acids is 2. The maximum absolute atomic E-state index is 15.3. The summed E-state index contributed by atoms with van der Waals surface area (Å²) < 4.78 is 13.3. The number of halogens is 1. The van der Waals surface area contributed by atoms with Gasteiger partial charge in [-0.15, -0.1) is 0 Å². The fraction of sp³-hybridized carbons (Fsp3) is 0.362. The van der Waals surface area contributed by atoms with E-state index in [1.807, 2.05) is 72.8 Å². The maximum Gasteiger partial charge on any atom is 0.260 e. The van der Waals surface area contributed by atoms with Gasteiger partial charge < -0.3 is 28.9 Å². The summed E-state index contributed by atoms with van der Waals surface area (Å²) in [6, 6.07) is 26.7. The molecule has 9 nitrogen and oxygen atoms in total. The molecule has 1 N–H and O–H groups in total. The van der Waals surface area contributed by atoms with Gasteiger partial charge in [0.05, 0.1) is 38.0 Å². The van der Waals surface area contributed by atoms with Crippen LogP contribution in [0.15, 0.2) is 84.9 Å². The molecule has 2 aliphatic heterocycles. The molecular weight excluding hydrogens is 736 g/mol. The molecule has 1 fully saturated rings. The average Bonchev–Trinajstić information content (AvgIpc) is 3.51. The highest BCUT2D eigenvalue weighted by atomic mass is 35.5. The van der Waals surface area contributed by atoms with E-state index in [0.717, 1.165) is 90.3 Å². The first-order chi connectivity index (χ1) is 27.6. The number of aromatic hydroxyl groups is 1.